The SMILES string of the molecule is COc1ccc([C@H]2CNCCN2C(=O)Cc2cnc[nH]2)cc1. The molecule has 0 unspecified atom stereocenters. The van der Waals surface area contributed by atoms with Crippen LogP contribution in [0.1, 0.15) is 17.3 Å². The van der Waals surface area contributed by atoms with Crippen molar-refractivity contribution in [1.29, 1.82) is 0 Å². The van der Waals surface area contributed by atoms with Crippen molar-refractivity contribution < 1.29 is 9.53 Å². The molecule has 1 aromatic carbocycles. The molecular weight excluding hydrogens is 280 g/mol. The first-order chi connectivity index (χ1) is 10.8. The van der Waals surface area contributed by atoms with Crippen molar-refractivity contribution in [2.45, 2.75) is 12.5 Å². The number of imidazole rings is 1. The van der Waals surface area contributed by atoms with Gasteiger partial charge in [-0.1, -0.05) is 12.1 Å². The van der Waals surface area contributed by atoms with Gasteiger partial charge in [-0.3, -0.25) is 4.79 Å². The summed E-state index contributed by atoms with van der Waals surface area (Å²) >= 11 is 0. The molecule has 22 heavy (non-hydrogen) atoms. The van der Waals surface area contributed by atoms with Gasteiger partial charge < -0.3 is 19.9 Å². The van der Waals surface area contributed by atoms with Gasteiger partial charge in [0.2, 0.25) is 5.91 Å². The van der Waals surface area contributed by atoms with Crippen LogP contribution in [-0.2, 0) is 11.2 Å². The molecule has 3 rings (SSSR count). The lowest BCUT2D eigenvalue weighted by atomic mass is 10.0. The second kappa shape index (κ2) is 6.62. The van der Waals surface area contributed by atoms with Crippen molar-refractivity contribution in [2.75, 3.05) is 26.7 Å². The van der Waals surface area contributed by atoms with E-state index < -0.39 is 0 Å². The number of hydrogen-bond donors (Lipinski definition) is 2. The summed E-state index contributed by atoms with van der Waals surface area (Å²) < 4.78 is 5.19. The first kappa shape index (κ1) is 14.6. The molecular formula is C16H20N4O2. The number of benzene rings is 1. The van der Waals surface area contributed by atoms with Gasteiger partial charge in [0.1, 0.15) is 5.75 Å². The molecule has 1 aliphatic rings. The topological polar surface area (TPSA) is 70.2 Å². The lowest BCUT2D eigenvalue weighted by Crippen LogP contribution is -2.49. The zero-order valence-corrected chi connectivity index (χ0v) is 12.6. The molecule has 1 saturated heterocycles. The number of ether oxygens (including phenoxy) is 1. The van der Waals surface area contributed by atoms with E-state index >= 15 is 0 Å². The summed E-state index contributed by atoms with van der Waals surface area (Å²) in [4.78, 5) is 21.5. The van der Waals surface area contributed by atoms with Gasteiger partial charge >= 0.3 is 0 Å². The minimum Gasteiger partial charge on any atom is -0.497 e. The molecule has 2 aromatic rings. The average molecular weight is 300 g/mol. The highest BCUT2D eigenvalue weighted by atomic mass is 16.5. The lowest BCUT2D eigenvalue weighted by molar-refractivity contribution is -0.133. The van der Waals surface area contributed by atoms with Gasteiger partial charge in [0.05, 0.1) is 25.9 Å². The van der Waals surface area contributed by atoms with Crippen LogP contribution in [0.25, 0.3) is 0 Å². The summed E-state index contributed by atoms with van der Waals surface area (Å²) in [6.07, 6.45) is 3.65. The number of piperazine rings is 1. The van der Waals surface area contributed by atoms with Crippen LogP contribution in [0.15, 0.2) is 36.8 Å². The van der Waals surface area contributed by atoms with E-state index in [0.29, 0.717) is 13.0 Å². The fourth-order valence-electron chi connectivity index (χ4n) is 2.77. The predicted molar refractivity (Wildman–Crippen MR) is 82.6 cm³/mol. The molecule has 0 bridgehead atoms. The highest BCUT2D eigenvalue weighted by Crippen LogP contribution is 2.25. The van der Waals surface area contributed by atoms with Gasteiger partial charge in [0, 0.05) is 31.5 Å². The molecule has 0 radical (unpaired) electrons. The van der Waals surface area contributed by atoms with Crippen LogP contribution in [0.3, 0.4) is 0 Å². The smallest absolute Gasteiger partial charge is 0.229 e. The minimum absolute atomic E-state index is 0.0510. The van der Waals surface area contributed by atoms with Crippen LogP contribution in [-0.4, -0.2) is 47.5 Å². The third kappa shape index (κ3) is 3.12. The van der Waals surface area contributed by atoms with Crippen LogP contribution >= 0.6 is 0 Å². The molecule has 2 heterocycles. The van der Waals surface area contributed by atoms with E-state index in [-0.39, 0.29) is 11.9 Å². The number of carbonyl (C=O) groups excluding carboxylic acids is 1. The second-order valence-corrected chi connectivity index (χ2v) is 5.33. The Balaban J connectivity index is 1.76. The Bertz CT molecular complexity index is 610. The largest absolute Gasteiger partial charge is 0.497 e. The van der Waals surface area contributed by atoms with Gasteiger partial charge in [-0.2, -0.15) is 0 Å². The quantitative estimate of drug-likeness (QED) is 0.888. The number of carbonyl (C=O) groups is 1. The van der Waals surface area contributed by atoms with Crippen molar-refractivity contribution in [3.05, 3.63) is 48.0 Å². The number of aromatic amines is 1. The van der Waals surface area contributed by atoms with Crippen molar-refractivity contribution in [3.63, 3.8) is 0 Å². The zero-order chi connectivity index (χ0) is 15.4. The summed E-state index contributed by atoms with van der Waals surface area (Å²) in [5.74, 6) is 0.939. The Kier molecular flexibility index (Phi) is 4.39. The Hall–Kier alpha value is -2.34. The molecule has 6 nitrogen and oxygen atoms in total. The van der Waals surface area contributed by atoms with Crippen molar-refractivity contribution in [1.82, 2.24) is 20.2 Å². The monoisotopic (exact) mass is 300 g/mol. The van der Waals surface area contributed by atoms with Gasteiger partial charge in [0.25, 0.3) is 0 Å². The van der Waals surface area contributed by atoms with E-state index in [0.717, 1.165) is 30.1 Å². The van der Waals surface area contributed by atoms with Gasteiger partial charge in [-0.15, -0.1) is 0 Å². The van der Waals surface area contributed by atoms with E-state index in [1.54, 1.807) is 19.6 Å². The highest BCUT2D eigenvalue weighted by molar-refractivity contribution is 5.79. The van der Waals surface area contributed by atoms with E-state index in [4.69, 9.17) is 4.74 Å². The number of rotatable bonds is 4. The molecule has 0 saturated carbocycles. The van der Waals surface area contributed by atoms with Crippen LogP contribution in [0.5, 0.6) is 5.75 Å². The molecule has 1 aliphatic heterocycles. The third-order valence-corrected chi connectivity index (χ3v) is 3.96. The number of amides is 1. The molecule has 0 spiro atoms. The molecule has 1 atom stereocenters. The summed E-state index contributed by atoms with van der Waals surface area (Å²) in [6.45, 7) is 2.30. The van der Waals surface area contributed by atoms with Gasteiger partial charge in [-0.05, 0) is 17.7 Å². The number of methoxy groups -OCH3 is 1. The average Bonchev–Trinajstić information content (AvgIpc) is 3.08. The minimum atomic E-state index is 0.0510. The van der Waals surface area contributed by atoms with Crippen molar-refractivity contribution in [3.8, 4) is 5.75 Å². The maximum atomic E-state index is 12.6. The van der Waals surface area contributed by atoms with E-state index in [1.807, 2.05) is 29.2 Å². The van der Waals surface area contributed by atoms with Gasteiger partial charge in [-0.25, -0.2) is 4.98 Å². The Morgan fingerprint density at radius 2 is 2.23 bits per heavy atom. The summed E-state index contributed by atoms with van der Waals surface area (Å²) in [5.41, 5.74) is 1.96. The van der Waals surface area contributed by atoms with E-state index in [9.17, 15) is 4.79 Å². The lowest BCUT2D eigenvalue weighted by Gasteiger charge is -2.36. The molecule has 6 heteroatoms. The predicted octanol–water partition coefficient (Wildman–Crippen LogP) is 1.13. The summed E-state index contributed by atoms with van der Waals surface area (Å²) in [6, 6.07) is 7.96. The normalized spacial score (nSPS) is 18.2. The van der Waals surface area contributed by atoms with Crippen molar-refractivity contribution in [2.24, 2.45) is 0 Å². The van der Waals surface area contributed by atoms with Gasteiger partial charge in [0.15, 0.2) is 0 Å². The zero-order valence-electron chi connectivity index (χ0n) is 12.6. The number of aromatic nitrogens is 2. The number of nitrogens with one attached hydrogen (secondary N) is 2. The molecule has 1 fully saturated rings. The summed E-state index contributed by atoms with van der Waals surface area (Å²) in [5, 5.41) is 3.36. The molecule has 116 valence electrons. The molecule has 1 amide bonds. The van der Waals surface area contributed by atoms with Crippen LogP contribution in [0, 0.1) is 0 Å². The Morgan fingerprint density at radius 3 is 2.91 bits per heavy atom. The molecule has 1 aromatic heterocycles. The van der Waals surface area contributed by atoms with E-state index in [1.165, 1.54) is 0 Å². The number of H-pyrrole nitrogens is 1. The first-order valence-electron chi connectivity index (χ1n) is 7.39. The summed E-state index contributed by atoms with van der Waals surface area (Å²) in [7, 11) is 1.65. The Labute approximate surface area is 129 Å². The molecule has 0 aliphatic carbocycles. The second-order valence-electron chi connectivity index (χ2n) is 5.33. The maximum Gasteiger partial charge on any atom is 0.229 e. The van der Waals surface area contributed by atoms with Crippen LogP contribution < -0.4 is 10.1 Å². The fraction of sp³-hybridized carbons (Fsp3) is 0.375. The molecule has 2 N–H and O–H groups in total. The van der Waals surface area contributed by atoms with Crippen molar-refractivity contribution >= 4 is 5.91 Å². The third-order valence-electron chi connectivity index (χ3n) is 3.96. The van der Waals surface area contributed by atoms with E-state index in [2.05, 4.69) is 15.3 Å². The van der Waals surface area contributed by atoms with Crippen LogP contribution in [0.4, 0.5) is 0 Å². The Morgan fingerprint density at radius 1 is 1.41 bits per heavy atom. The maximum absolute atomic E-state index is 12.6. The number of nitrogens with zero attached hydrogens (tertiary/aromatic N) is 2. The fourth-order valence-corrected chi connectivity index (χ4v) is 2.77. The van der Waals surface area contributed by atoms with Crippen LogP contribution in [0.2, 0.25) is 0 Å². The first-order valence-corrected chi connectivity index (χ1v) is 7.39. The standard InChI is InChI=1S/C16H20N4O2/c1-22-14-4-2-12(3-5-14)15-10-17-6-7-20(15)16(21)8-13-9-18-11-19-13/h2-5,9,11,15,17H,6-8,10H2,1H3,(H,18,19)/t15-/m1/s1. The highest BCUT2D eigenvalue weighted by Gasteiger charge is 2.27. The number of hydrogen-bond acceptors (Lipinski definition) is 4.